The van der Waals surface area contributed by atoms with Gasteiger partial charge in [-0.25, -0.2) is 0 Å². The van der Waals surface area contributed by atoms with Gasteiger partial charge in [0.2, 0.25) is 5.91 Å². The average Bonchev–Trinajstić information content (AvgIpc) is 3.46. The fraction of sp³-hybridized carbons (Fsp3) is 0.652. The Morgan fingerprint density at radius 1 is 1.25 bits per heavy atom. The molecule has 1 saturated carbocycles. The van der Waals surface area contributed by atoms with Crippen molar-refractivity contribution in [1.82, 2.24) is 25.6 Å². The van der Waals surface area contributed by atoms with E-state index in [2.05, 4.69) is 34.8 Å². The maximum absolute atomic E-state index is 13.0. The van der Waals surface area contributed by atoms with E-state index in [0.717, 1.165) is 56.9 Å². The van der Waals surface area contributed by atoms with Crippen LogP contribution < -0.4 is 16.4 Å². The molecule has 2 amide bonds. The number of rotatable bonds is 12. The van der Waals surface area contributed by atoms with E-state index in [4.69, 9.17) is 5.73 Å². The number of nitrogens with two attached hydrogens (primary N) is 1. The van der Waals surface area contributed by atoms with Crippen LogP contribution in [0.2, 0.25) is 0 Å². The maximum Gasteiger partial charge on any atom is 0.252 e. The highest BCUT2D eigenvalue weighted by atomic mass is 32.1. The van der Waals surface area contributed by atoms with Gasteiger partial charge in [0.05, 0.1) is 17.3 Å². The molecule has 0 unspecified atom stereocenters. The standard InChI is InChI=1S/C23H36N6O2S/c1-17-6-8-19(9-7-17)23(2,26-22(31)18-10-14-32-16-18)20-15-29(28-27-20)13-4-12-25-11-3-5-21(24)30/h10,14-17,19,25H,3-9,11-13H2,1-2H3,(H2,24,30)(H,26,31)/t17?,19?,23-/m0/s1. The molecule has 2 heterocycles. The summed E-state index contributed by atoms with van der Waals surface area (Å²) in [5.41, 5.74) is 6.13. The van der Waals surface area contributed by atoms with E-state index in [1.54, 1.807) is 0 Å². The van der Waals surface area contributed by atoms with Gasteiger partial charge >= 0.3 is 0 Å². The summed E-state index contributed by atoms with van der Waals surface area (Å²) in [6, 6.07) is 1.86. The predicted molar refractivity (Wildman–Crippen MR) is 126 cm³/mol. The Morgan fingerprint density at radius 3 is 2.69 bits per heavy atom. The van der Waals surface area contributed by atoms with Gasteiger partial charge < -0.3 is 16.4 Å². The molecule has 0 spiro atoms. The number of aryl methyl sites for hydroxylation is 1. The van der Waals surface area contributed by atoms with Crippen molar-refractivity contribution >= 4 is 23.2 Å². The lowest BCUT2D eigenvalue weighted by Crippen LogP contribution is -2.50. The number of carbonyl (C=O) groups excluding carboxylic acids is 2. The van der Waals surface area contributed by atoms with Crippen molar-refractivity contribution in [3.63, 3.8) is 0 Å². The zero-order chi connectivity index (χ0) is 23.0. The second kappa shape index (κ2) is 11.6. The molecule has 0 radical (unpaired) electrons. The number of nitrogens with one attached hydrogen (secondary N) is 2. The molecule has 0 aliphatic heterocycles. The lowest BCUT2D eigenvalue weighted by molar-refractivity contribution is -0.118. The van der Waals surface area contributed by atoms with Crippen LogP contribution in [0.4, 0.5) is 0 Å². The van der Waals surface area contributed by atoms with Crippen molar-refractivity contribution in [3.8, 4) is 0 Å². The predicted octanol–water partition coefficient (Wildman–Crippen LogP) is 3.06. The molecule has 0 bridgehead atoms. The third-order valence-electron chi connectivity index (χ3n) is 6.58. The molecule has 0 saturated heterocycles. The Hall–Kier alpha value is -2.26. The van der Waals surface area contributed by atoms with E-state index in [1.165, 1.54) is 24.2 Å². The van der Waals surface area contributed by atoms with Gasteiger partial charge in [0.1, 0.15) is 5.69 Å². The molecule has 8 nitrogen and oxygen atoms in total. The van der Waals surface area contributed by atoms with Crippen LogP contribution >= 0.6 is 11.3 Å². The first-order valence-electron chi connectivity index (χ1n) is 11.6. The monoisotopic (exact) mass is 460 g/mol. The molecule has 9 heteroatoms. The Labute approximate surface area is 194 Å². The second-order valence-corrected chi connectivity index (χ2v) is 9.95. The van der Waals surface area contributed by atoms with Crippen LogP contribution in [0.15, 0.2) is 23.0 Å². The zero-order valence-electron chi connectivity index (χ0n) is 19.2. The molecule has 176 valence electrons. The van der Waals surface area contributed by atoms with E-state index in [1.807, 2.05) is 27.7 Å². The van der Waals surface area contributed by atoms with Gasteiger partial charge in [0.15, 0.2) is 0 Å². The highest BCUT2D eigenvalue weighted by Gasteiger charge is 2.41. The number of thiophene rings is 1. The minimum Gasteiger partial charge on any atom is -0.370 e. The molecule has 2 aromatic rings. The molecule has 0 aromatic carbocycles. The van der Waals surface area contributed by atoms with Gasteiger partial charge in [-0.05, 0) is 69.0 Å². The quantitative estimate of drug-likeness (QED) is 0.421. The van der Waals surface area contributed by atoms with E-state index in [-0.39, 0.29) is 11.8 Å². The van der Waals surface area contributed by atoms with Crippen LogP contribution in [0.25, 0.3) is 0 Å². The molecule has 1 aliphatic carbocycles. The summed E-state index contributed by atoms with van der Waals surface area (Å²) in [6.45, 7) is 6.76. The summed E-state index contributed by atoms with van der Waals surface area (Å²) in [4.78, 5) is 23.7. The van der Waals surface area contributed by atoms with Gasteiger partial charge in [-0.2, -0.15) is 11.3 Å². The van der Waals surface area contributed by atoms with Crippen LogP contribution in [-0.4, -0.2) is 39.9 Å². The lowest BCUT2D eigenvalue weighted by atomic mass is 9.71. The highest BCUT2D eigenvalue weighted by molar-refractivity contribution is 7.08. The molecule has 32 heavy (non-hydrogen) atoms. The van der Waals surface area contributed by atoms with Crippen molar-refractivity contribution in [2.75, 3.05) is 13.1 Å². The summed E-state index contributed by atoms with van der Waals surface area (Å²) in [5, 5.41) is 19.3. The van der Waals surface area contributed by atoms with Gasteiger partial charge in [0, 0.05) is 18.3 Å². The van der Waals surface area contributed by atoms with E-state index < -0.39 is 5.54 Å². The molecular weight excluding hydrogens is 424 g/mol. The minimum absolute atomic E-state index is 0.0536. The van der Waals surface area contributed by atoms with Gasteiger partial charge in [-0.1, -0.05) is 25.0 Å². The van der Waals surface area contributed by atoms with E-state index in [0.29, 0.717) is 17.9 Å². The summed E-state index contributed by atoms with van der Waals surface area (Å²) in [7, 11) is 0. The average molecular weight is 461 g/mol. The third kappa shape index (κ3) is 6.62. The first kappa shape index (κ1) is 24.4. The zero-order valence-corrected chi connectivity index (χ0v) is 20.0. The lowest BCUT2D eigenvalue weighted by Gasteiger charge is -2.40. The summed E-state index contributed by atoms with van der Waals surface area (Å²) in [6.07, 6.45) is 8.54. The van der Waals surface area contributed by atoms with Crippen molar-refractivity contribution in [2.24, 2.45) is 17.6 Å². The largest absolute Gasteiger partial charge is 0.370 e. The molecular formula is C23H36N6O2S. The summed E-state index contributed by atoms with van der Waals surface area (Å²) >= 11 is 1.53. The Kier molecular flexibility index (Phi) is 8.81. The number of hydrogen-bond acceptors (Lipinski definition) is 6. The summed E-state index contributed by atoms with van der Waals surface area (Å²) in [5.74, 6) is 0.748. The number of primary amides is 1. The Balaban J connectivity index is 1.61. The Morgan fingerprint density at radius 2 is 2.00 bits per heavy atom. The van der Waals surface area contributed by atoms with Crippen LogP contribution in [-0.2, 0) is 16.9 Å². The topological polar surface area (TPSA) is 115 Å². The first-order valence-corrected chi connectivity index (χ1v) is 12.6. The summed E-state index contributed by atoms with van der Waals surface area (Å²) < 4.78 is 1.86. The fourth-order valence-corrected chi connectivity index (χ4v) is 5.07. The number of carbonyl (C=O) groups is 2. The molecule has 2 aromatic heterocycles. The number of aromatic nitrogens is 3. The van der Waals surface area contributed by atoms with E-state index >= 15 is 0 Å². The first-order chi connectivity index (χ1) is 15.4. The SMILES string of the molecule is CC1CCC([C@](C)(NC(=O)c2ccsc2)c2cn(CCCNCCCC(N)=O)nn2)CC1. The second-order valence-electron chi connectivity index (χ2n) is 9.17. The highest BCUT2D eigenvalue weighted by Crippen LogP contribution is 2.40. The van der Waals surface area contributed by atoms with Gasteiger partial charge in [-0.15, -0.1) is 5.10 Å². The van der Waals surface area contributed by atoms with E-state index in [9.17, 15) is 9.59 Å². The molecule has 4 N–H and O–H groups in total. The van der Waals surface area contributed by atoms with Crippen LogP contribution in [0.1, 0.15) is 74.8 Å². The van der Waals surface area contributed by atoms with Gasteiger partial charge in [-0.3, -0.25) is 14.3 Å². The van der Waals surface area contributed by atoms with Crippen LogP contribution in [0.3, 0.4) is 0 Å². The molecule has 1 aliphatic rings. The minimum atomic E-state index is -0.551. The fourth-order valence-electron chi connectivity index (χ4n) is 4.44. The van der Waals surface area contributed by atoms with Crippen LogP contribution in [0.5, 0.6) is 0 Å². The van der Waals surface area contributed by atoms with Crippen LogP contribution in [0, 0.1) is 11.8 Å². The van der Waals surface area contributed by atoms with Crippen molar-refractivity contribution in [3.05, 3.63) is 34.3 Å². The molecule has 3 rings (SSSR count). The normalized spacial score (nSPS) is 20.6. The molecule has 1 atom stereocenters. The third-order valence-corrected chi connectivity index (χ3v) is 7.26. The number of nitrogens with zero attached hydrogens (tertiary/aromatic N) is 3. The van der Waals surface area contributed by atoms with Crippen molar-refractivity contribution < 1.29 is 9.59 Å². The van der Waals surface area contributed by atoms with Crippen molar-refractivity contribution in [2.45, 2.75) is 70.9 Å². The maximum atomic E-state index is 13.0. The van der Waals surface area contributed by atoms with Gasteiger partial charge in [0.25, 0.3) is 5.91 Å². The number of amides is 2. The smallest absolute Gasteiger partial charge is 0.252 e. The molecule has 1 fully saturated rings. The van der Waals surface area contributed by atoms with Crippen molar-refractivity contribution in [1.29, 1.82) is 0 Å². The Bertz CT molecular complexity index is 860. The number of hydrogen-bond donors (Lipinski definition) is 3.